The highest BCUT2D eigenvalue weighted by atomic mass is 16.3. The molecule has 2 heteroatoms. The van der Waals surface area contributed by atoms with E-state index in [1.54, 1.807) is 0 Å². The van der Waals surface area contributed by atoms with Gasteiger partial charge in [-0.05, 0) is 24.5 Å². The summed E-state index contributed by atoms with van der Waals surface area (Å²) in [6.45, 7) is 0.243. The van der Waals surface area contributed by atoms with Crippen LogP contribution < -0.4 is 4.57 Å². The first kappa shape index (κ1) is 14.3. The fourth-order valence-corrected chi connectivity index (χ4v) is 3.46. The SMILES string of the molecule is OCC1([n+]2cccc(Cc3ccccc3)c2)CCCCC1. The molecule has 2 nitrogen and oxygen atoms in total. The highest BCUT2D eigenvalue weighted by molar-refractivity contribution is 5.22. The largest absolute Gasteiger partial charge is 0.389 e. The van der Waals surface area contributed by atoms with E-state index in [9.17, 15) is 5.11 Å². The zero-order valence-electron chi connectivity index (χ0n) is 12.5. The van der Waals surface area contributed by atoms with E-state index in [1.807, 2.05) is 0 Å². The molecule has 1 aromatic heterocycles. The van der Waals surface area contributed by atoms with Gasteiger partial charge in [-0.15, -0.1) is 0 Å². The van der Waals surface area contributed by atoms with E-state index in [-0.39, 0.29) is 12.1 Å². The summed E-state index contributed by atoms with van der Waals surface area (Å²) in [5.41, 5.74) is 2.56. The number of aliphatic hydroxyl groups is 1. The average Bonchev–Trinajstić information content (AvgIpc) is 2.57. The third kappa shape index (κ3) is 3.16. The summed E-state index contributed by atoms with van der Waals surface area (Å²) < 4.78 is 2.27. The standard InChI is InChI=1S/C19H24NO/c21-16-19(11-5-2-6-12-19)20-13-7-10-18(15-20)14-17-8-3-1-4-9-17/h1,3-4,7-10,13,15,21H,2,5-6,11-12,14,16H2/q+1. The van der Waals surface area contributed by atoms with Crippen LogP contribution in [0.15, 0.2) is 54.9 Å². The minimum absolute atomic E-state index is 0.0784. The van der Waals surface area contributed by atoms with Gasteiger partial charge >= 0.3 is 0 Å². The molecule has 0 amide bonds. The lowest BCUT2D eigenvalue weighted by Crippen LogP contribution is -2.59. The summed E-state index contributed by atoms with van der Waals surface area (Å²) in [4.78, 5) is 0. The number of rotatable bonds is 4. The van der Waals surface area contributed by atoms with Gasteiger partial charge in [-0.2, -0.15) is 4.57 Å². The Bertz CT molecular complexity index is 573. The molecule has 0 radical (unpaired) electrons. The summed E-state index contributed by atoms with van der Waals surface area (Å²) in [6, 6.07) is 14.9. The van der Waals surface area contributed by atoms with Crippen LogP contribution in [-0.4, -0.2) is 11.7 Å². The predicted molar refractivity (Wildman–Crippen MR) is 84.0 cm³/mol. The van der Waals surface area contributed by atoms with Gasteiger partial charge in [0.2, 0.25) is 0 Å². The van der Waals surface area contributed by atoms with Crippen LogP contribution in [0.25, 0.3) is 0 Å². The number of benzene rings is 1. The molecule has 0 saturated heterocycles. The molecule has 21 heavy (non-hydrogen) atoms. The van der Waals surface area contributed by atoms with E-state index in [0.29, 0.717) is 0 Å². The first-order valence-corrected chi connectivity index (χ1v) is 7.98. The average molecular weight is 282 g/mol. The van der Waals surface area contributed by atoms with Gasteiger partial charge in [0.05, 0.1) is 0 Å². The highest BCUT2D eigenvalue weighted by Crippen LogP contribution is 2.30. The number of pyridine rings is 1. The van der Waals surface area contributed by atoms with E-state index in [0.717, 1.165) is 19.3 Å². The minimum Gasteiger partial charge on any atom is -0.389 e. The highest BCUT2D eigenvalue weighted by Gasteiger charge is 2.40. The van der Waals surface area contributed by atoms with E-state index < -0.39 is 0 Å². The van der Waals surface area contributed by atoms with Crippen LogP contribution in [0.4, 0.5) is 0 Å². The van der Waals surface area contributed by atoms with Crippen LogP contribution >= 0.6 is 0 Å². The summed E-state index contributed by atoms with van der Waals surface area (Å²) in [5, 5.41) is 9.95. The third-order valence-corrected chi connectivity index (χ3v) is 4.74. The van der Waals surface area contributed by atoms with Crippen molar-refractivity contribution in [2.24, 2.45) is 0 Å². The molecule has 1 aromatic carbocycles. The van der Waals surface area contributed by atoms with Crippen molar-refractivity contribution in [1.29, 1.82) is 0 Å². The first-order valence-electron chi connectivity index (χ1n) is 7.98. The maximum atomic E-state index is 9.95. The van der Waals surface area contributed by atoms with E-state index in [2.05, 4.69) is 59.4 Å². The zero-order valence-corrected chi connectivity index (χ0v) is 12.5. The summed E-state index contributed by atoms with van der Waals surface area (Å²) in [5.74, 6) is 0. The second-order valence-electron chi connectivity index (χ2n) is 6.22. The summed E-state index contributed by atoms with van der Waals surface area (Å²) in [6.07, 6.45) is 11.2. The van der Waals surface area contributed by atoms with E-state index in [1.165, 1.54) is 30.4 Å². The topological polar surface area (TPSA) is 24.1 Å². The van der Waals surface area contributed by atoms with Gasteiger partial charge in [-0.25, -0.2) is 0 Å². The van der Waals surface area contributed by atoms with Crippen molar-refractivity contribution in [2.75, 3.05) is 6.61 Å². The van der Waals surface area contributed by atoms with Crippen molar-refractivity contribution < 1.29 is 9.67 Å². The molecule has 1 aliphatic rings. The molecule has 110 valence electrons. The van der Waals surface area contributed by atoms with Gasteiger partial charge in [-0.1, -0.05) is 36.8 Å². The lowest BCUT2D eigenvalue weighted by Gasteiger charge is -2.30. The van der Waals surface area contributed by atoms with Gasteiger partial charge in [0.15, 0.2) is 17.9 Å². The van der Waals surface area contributed by atoms with Gasteiger partial charge < -0.3 is 5.11 Å². The molecule has 0 bridgehead atoms. The molecule has 1 fully saturated rings. The summed E-state index contributed by atoms with van der Waals surface area (Å²) in [7, 11) is 0. The van der Waals surface area contributed by atoms with Gasteiger partial charge in [0.25, 0.3) is 0 Å². The smallest absolute Gasteiger partial charge is 0.190 e. The van der Waals surface area contributed by atoms with E-state index >= 15 is 0 Å². The Kier molecular flexibility index (Phi) is 4.35. The maximum absolute atomic E-state index is 9.95. The molecule has 3 rings (SSSR count). The number of aromatic nitrogens is 1. The van der Waals surface area contributed by atoms with Crippen molar-refractivity contribution in [1.82, 2.24) is 0 Å². The molecule has 1 N–H and O–H groups in total. The number of aliphatic hydroxyl groups excluding tert-OH is 1. The third-order valence-electron chi connectivity index (χ3n) is 4.74. The normalized spacial score (nSPS) is 17.6. The predicted octanol–water partition coefficient (Wildman–Crippen LogP) is 3.22. The maximum Gasteiger partial charge on any atom is 0.190 e. The minimum atomic E-state index is -0.0784. The Morgan fingerprint density at radius 1 is 0.905 bits per heavy atom. The second-order valence-corrected chi connectivity index (χ2v) is 6.22. The molecule has 0 spiro atoms. The zero-order chi connectivity index (χ0) is 14.5. The quantitative estimate of drug-likeness (QED) is 0.855. The molecule has 0 aliphatic heterocycles. The van der Waals surface area contributed by atoms with Crippen LogP contribution in [0.2, 0.25) is 0 Å². The Labute approximate surface area is 127 Å². The first-order chi connectivity index (χ1) is 10.3. The van der Waals surface area contributed by atoms with E-state index in [4.69, 9.17) is 0 Å². The molecule has 0 unspecified atom stereocenters. The Morgan fingerprint density at radius 2 is 1.62 bits per heavy atom. The van der Waals surface area contributed by atoms with Gasteiger partial charge in [0.1, 0.15) is 6.61 Å². The number of nitrogens with zero attached hydrogens (tertiary/aromatic N) is 1. The van der Waals surface area contributed by atoms with Crippen LogP contribution in [0.3, 0.4) is 0 Å². The van der Waals surface area contributed by atoms with Crippen LogP contribution in [0.5, 0.6) is 0 Å². The van der Waals surface area contributed by atoms with Crippen LogP contribution in [0, 0.1) is 0 Å². The van der Waals surface area contributed by atoms with Crippen molar-refractivity contribution >= 4 is 0 Å². The molecule has 1 heterocycles. The Balaban J connectivity index is 1.85. The Hall–Kier alpha value is -1.67. The van der Waals surface area contributed by atoms with Crippen molar-refractivity contribution in [3.63, 3.8) is 0 Å². The molecule has 0 atom stereocenters. The number of hydrogen-bond acceptors (Lipinski definition) is 1. The number of hydrogen-bond donors (Lipinski definition) is 1. The van der Waals surface area contributed by atoms with Crippen molar-refractivity contribution in [3.05, 3.63) is 66.0 Å². The lowest BCUT2D eigenvalue weighted by molar-refractivity contribution is -0.770. The molecular formula is C19H24NO+. The Morgan fingerprint density at radius 3 is 2.33 bits per heavy atom. The summed E-state index contributed by atoms with van der Waals surface area (Å²) >= 11 is 0. The molecule has 1 aliphatic carbocycles. The lowest BCUT2D eigenvalue weighted by atomic mass is 9.82. The fourth-order valence-electron chi connectivity index (χ4n) is 3.46. The monoisotopic (exact) mass is 282 g/mol. The van der Waals surface area contributed by atoms with Crippen LogP contribution in [-0.2, 0) is 12.0 Å². The second kappa shape index (κ2) is 6.40. The van der Waals surface area contributed by atoms with Gasteiger partial charge in [-0.3, -0.25) is 0 Å². The van der Waals surface area contributed by atoms with Crippen molar-refractivity contribution in [3.8, 4) is 0 Å². The van der Waals surface area contributed by atoms with Gasteiger partial charge in [0, 0.05) is 30.9 Å². The molecule has 2 aromatic rings. The van der Waals surface area contributed by atoms with Crippen molar-refractivity contribution in [2.45, 2.75) is 44.1 Å². The fraction of sp³-hybridized carbons (Fsp3) is 0.421. The molecule has 1 saturated carbocycles. The van der Waals surface area contributed by atoms with Crippen LogP contribution in [0.1, 0.15) is 43.2 Å². The molecular weight excluding hydrogens is 258 g/mol.